The van der Waals surface area contributed by atoms with Crippen molar-refractivity contribution in [3.63, 3.8) is 0 Å². The fourth-order valence-electron chi connectivity index (χ4n) is 0.802. The second kappa shape index (κ2) is 3.05. The highest BCUT2D eigenvalue weighted by molar-refractivity contribution is 5.47. The van der Waals surface area contributed by atoms with Crippen molar-refractivity contribution in [1.82, 2.24) is 0 Å². The smallest absolute Gasteiger partial charge is 0.238 e. The zero-order valence-corrected chi connectivity index (χ0v) is 6.19. The summed E-state index contributed by atoms with van der Waals surface area (Å²) in [7, 11) is 0. The third-order valence-electron chi connectivity index (χ3n) is 1.34. The molecule has 0 fully saturated rings. The molecule has 0 spiro atoms. The minimum absolute atomic E-state index is 0.354. The summed E-state index contributed by atoms with van der Waals surface area (Å²) in [5.74, 6) is -1.05. The Morgan fingerprint density at radius 1 is 1.15 bits per heavy atom. The maximum atomic E-state index is 12.5. The molecule has 0 heterocycles. The predicted molar refractivity (Wildman–Crippen MR) is 37.7 cm³/mol. The van der Waals surface area contributed by atoms with Crippen molar-refractivity contribution in [2.45, 2.75) is 6.18 Å². The van der Waals surface area contributed by atoms with Crippen molar-refractivity contribution in [1.29, 1.82) is 0 Å². The van der Waals surface area contributed by atoms with E-state index in [-0.39, 0.29) is 5.69 Å². The summed E-state index contributed by atoms with van der Waals surface area (Å²) in [5.41, 5.74) is -1.49. The lowest BCUT2D eigenvalue weighted by Gasteiger charge is -2.06. The van der Waals surface area contributed by atoms with Crippen molar-refractivity contribution in [2.24, 2.45) is 0 Å². The van der Waals surface area contributed by atoms with Gasteiger partial charge in [-0.2, -0.15) is 13.2 Å². The van der Waals surface area contributed by atoms with E-state index in [2.05, 4.69) is 4.85 Å². The molecule has 68 valence electrons. The SMILES string of the molecule is [C-]#[N+]c1cc(F)cc(C(F)(F)F)c1. The molecule has 0 unspecified atom stereocenters. The van der Waals surface area contributed by atoms with E-state index in [1.165, 1.54) is 0 Å². The van der Waals surface area contributed by atoms with Crippen LogP contribution in [0, 0.1) is 12.4 Å². The van der Waals surface area contributed by atoms with E-state index < -0.39 is 17.6 Å². The molecule has 0 amide bonds. The molecule has 0 bridgehead atoms. The summed E-state index contributed by atoms with van der Waals surface area (Å²) in [4.78, 5) is 2.72. The highest BCUT2D eigenvalue weighted by Gasteiger charge is 2.31. The Balaban J connectivity index is 3.26. The quantitative estimate of drug-likeness (QED) is 0.435. The first-order valence-corrected chi connectivity index (χ1v) is 3.19. The van der Waals surface area contributed by atoms with Crippen LogP contribution < -0.4 is 0 Å². The van der Waals surface area contributed by atoms with Crippen LogP contribution in [-0.4, -0.2) is 0 Å². The van der Waals surface area contributed by atoms with Gasteiger partial charge in [0.25, 0.3) is 0 Å². The van der Waals surface area contributed by atoms with Gasteiger partial charge in [-0.1, -0.05) is 0 Å². The Kier molecular flexibility index (Phi) is 2.24. The standard InChI is InChI=1S/C8H3F4N/c1-13-7-3-5(8(10,11)12)2-6(9)4-7/h2-4H. The number of rotatable bonds is 0. The molecule has 0 radical (unpaired) electrons. The van der Waals surface area contributed by atoms with E-state index in [4.69, 9.17) is 6.57 Å². The summed E-state index contributed by atoms with van der Waals surface area (Å²) in [6.07, 6.45) is -4.61. The molecule has 1 nitrogen and oxygen atoms in total. The minimum Gasteiger partial charge on any atom is -0.238 e. The number of nitrogens with zero attached hydrogens (tertiary/aromatic N) is 1. The van der Waals surface area contributed by atoms with E-state index in [1.807, 2.05) is 0 Å². The molecule has 0 saturated carbocycles. The number of halogens is 4. The second-order valence-electron chi connectivity index (χ2n) is 2.31. The number of alkyl halides is 3. The van der Waals surface area contributed by atoms with Gasteiger partial charge in [-0.15, -0.1) is 0 Å². The monoisotopic (exact) mass is 189 g/mol. The summed E-state index contributed by atoms with van der Waals surface area (Å²) in [6.45, 7) is 6.43. The van der Waals surface area contributed by atoms with E-state index in [9.17, 15) is 17.6 Å². The second-order valence-corrected chi connectivity index (χ2v) is 2.31. The molecule has 13 heavy (non-hydrogen) atoms. The van der Waals surface area contributed by atoms with Crippen LogP contribution in [0.15, 0.2) is 18.2 Å². The number of hydrogen-bond donors (Lipinski definition) is 0. The lowest BCUT2D eigenvalue weighted by molar-refractivity contribution is -0.137. The lowest BCUT2D eigenvalue weighted by atomic mass is 10.2. The fraction of sp³-hybridized carbons (Fsp3) is 0.125. The van der Waals surface area contributed by atoms with Crippen LogP contribution in [0.2, 0.25) is 0 Å². The van der Waals surface area contributed by atoms with E-state index in [0.717, 1.165) is 6.07 Å². The molecule has 0 atom stereocenters. The van der Waals surface area contributed by atoms with Crippen molar-refractivity contribution < 1.29 is 17.6 Å². The van der Waals surface area contributed by atoms with Gasteiger partial charge >= 0.3 is 6.18 Å². The van der Waals surface area contributed by atoms with Crippen molar-refractivity contribution in [3.8, 4) is 0 Å². The maximum Gasteiger partial charge on any atom is 0.415 e. The predicted octanol–water partition coefficient (Wildman–Crippen LogP) is 3.40. The molecule has 1 rings (SSSR count). The molecule has 0 aliphatic heterocycles. The van der Waals surface area contributed by atoms with Gasteiger partial charge in [-0.05, 0) is 18.2 Å². The molecule has 5 heteroatoms. The van der Waals surface area contributed by atoms with Gasteiger partial charge in [0.1, 0.15) is 5.82 Å². The Morgan fingerprint density at radius 2 is 1.77 bits per heavy atom. The fourth-order valence-corrected chi connectivity index (χ4v) is 0.802. The average Bonchev–Trinajstić information content (AvgIpc) is 2.01. The Labute approximate surface area is 71.4 Å². The van der Waals surface area contributed by atoms with E-state index in [0.29, 0.717) is 12.1 Å². The van der Waals surface area contributed by atoms with Gasteiger partial charge in [0.15, 0.2) is 5.69 Å². The molecular weight excluding hydrogens is 186 g/mol. The van der Waals surface area contributed by atoms with Crippen molar-refractivity contribution in [2.75, 3.05) is 0 Å². The first-order chi connectivity index (χ1) is 5.93. The van der Waals surface area contributed by atoms with Gasteiger partial charge in [0.05, 0.1) is 6.57 Å². The highest BCUT2D eigenvalue weighted by Crippen LogP contribution is 2.32. The zero-order chi connectivity index (χ0) is 10.1. The van der Waals surface area contributed by atoms with Crippen LogP contribution in [0.25, 0.3) is 4.85 Å². The normalized spacial score (nSPS) is 11.0. The Morgan fingerprint density at radius 3 is 2.23 bits per heavy atom. The zero-order valence-electron chi connectivity index (χ0n) is 6.19. The molecular formula is C8H3F4N. The molecule has 0 saturated heterocycles. The maximum absolute atomic E-state index is 12.5. The first kappa shape index (κ1) is 9.52. The van der Waals surface area contributed by atoms with Crippen LogP contribution in [0.1, 0.15) is 5.56 Å². The molecule has 1 aromatic carbocycles. The van der Waals surface area contributed by atoms with Crippen molar-refractivity contribution >= 4 is 5.69 Å². The molecule has 0 N–H and O–H groups in total. The van der Waals surface area contributed by atoms with Crippen LogP contribution in [0.5, 0.6) is 0 Å². The van der Waals surface area contributed by atoms with Crippen LogP contribution in [-0.2, 0) is 6.18 Å². The van der Waals surface area contributed by atoms with E-state index in [1.54, 1.807) is 0 Å². The summed E-state index contributed by atoms with van der Waals surface area (Å²) >= 11 is 0. The van der Waals surface area contributed by atoms with Crippen LogP contribution >= 0.6 is 0 Å². The van der Waals surface area contributed by atoms with Gasteiger partial charge < -0.3 is 0 Å². The number of hydrogen-bond acceptors (Lipinski definition) is 0. The summed E-state index contributed by atoms with van der Waals surface area (Å²) < 4.78 is 48.5. The van der Waals surface area contributed by atoms with Crippen LogP contribution in [0.3, 0.4) is 0 Å². The largest absolute Gasteiger partial charge is 0.415 e. The topological polar surface area (TPSA) is 4.36 Å². The van der Waals surface area contributed by atoms with Crippen LogP contribution in [0.4, 0.5) is 23.2 Å². The van der Waals surface area contributed by atoms with Crippen molar-refractivity contribution in [3.05, 3.63) is 41.0 Å². The third kappa shape index (κ3) is 2.18. The highest BCUT2D eigenvalue weighted by atomic mass is 19.4. The summed E-state index contributed by atoms with van der Waals surface area (Å²) in [6, 6.07) is 1.72. The van der Waals surface area contributed by atoms with Gasteiger partial charge in [-0.25, -0.2) is 9.24 Å². The number of benzene rings is 1. The first-order valence-electron chi connectivity index (χ1n) is 3.19. The Bertz CT molecular complexity index is 361. The van der Waals surface area contributed by atoms with E-state index >= 15 is 0 Å². The minimum atomic E-state index is -4.61. The van der Waals surface area contributed by atoms with Gasteiger partial charge in [0, 0.05) is 5.56 Å². The summed E-state index contributed by atoms with van der Waals surface area (Å²) in [5, 5.41) is 0. The van der Waals surface area contributed by atoms with Gasteiger partial charge in [-0.3, -0.25) is 0 Å². The molecule has 0 aromatic heterocycles. The lowest BCUT2D eigenvalue weighted by Crippen LogP contribution is -2.04. The van der Waals surface area contributed by atoms with Gasteiger partial charge in [0.2, 0.25) is 0 Å². The third-order valence-corrected chi connectivity index (χ3v) is 1.34. The average molecular weight is 189 g/mol. The molecule has 0 aliphatic carbocycles. The Hall–Kier alpha value is -1.57. The molecule has 0 aliphatic rings. The molecule has 1 aromatic rings.